The maximum absolute atomic E-state index is 14.3. The molecule has 9 nitrogen and oxygen atoms in total. The zero-order valence-corrected chi connectivity index (χ0v) is 21.9. The third kappa shape index (κ3) is 5.29. The van der Waals surface area contributed by atoms with Crippen LogP contribution in [0.15, 0.2) is 67.3 Å². The maximum Gasteiger partial charge on any atom is 0.254 e. The molecule has 4 aromatic rings. The number of methoxy groups -OCH3 is 1. The van der Waals surface area contributed by atoms with Crippen molar-refractivity contribution in [2.45, 2.75) is 19.4 Å². The van der Waals surface area contributed by atoms with Crippen LogP contribution in [0, 0.1) is 6.92 Å². The highest BCUT2D eigenvalue weighted by Crippen LogP contribution is 2.37. The number of hydrogen-bond acceptors (Lipinski definition) is 7. The van der Waals surface area contributed by atoms with E-state index in [9.17, 15) is 9.90 Å². The molecular weight excluding hydrogens is 506 g/mol. The third-order valence-electron chi connectivity index (χ3n) is 6.41. The SMILES string of the molecule is COc1cc(NC(C(=O)N2CCc3ccc(C)cc32)c2ccc(Cl)cc2OCCO)cc(-n2cncn2)c1. The van der Waals surface area contributed by atoms with Gasteiger partial charge in [0.1, 0.15) is 36.8 Å². The van der Waals surface area contributed by atoms with E-state index < -0.39 is 6.04 Å². The largest absolute Gasteiger partial charge is 0.497 e. The Kier molecular flexibility index (Phi) is 7.48. The summed E-state index contributed by atoms with van der Waals surface area (Å²) in [4.78, 5) is 20.1. The number of anilines is 2. The number of nitrogens with one attached hydrogen (secondary N) is 1. The van der Waals surface area contributed by atoms with Gasteiger partial charge in [0.2, 0.25) is 0 Å². The predicted molar refractivity (Wildman–Crippen MR) is 146 cm³/mol. The lowest BCUT2D eigenvalue weighted by Gasteiger charge is -2.28. The van der Waals surface area contributed by atoms with Crippen LogP contribution in [0.2, 0.25) is 5.02 Å². The number of hydrogen-bond donors (Lipinski definition) is 2. The lowest BCUT2D eigenvalue weighted by Crippen LogP contribution is -2.37. The highest BCUT2D eigenvalue weighted by atomic mass is 35.5. The van der Waals surface area contributed by atoms with Crippen LogP contribution in [0.3, 0.4) is 0 Å². The normalized spacial score (nSPS) is 13.2. The number of aromatic nitrogens is 3. The molecule has 1 unspecified atom stereocenters. The van der Waals surface area contributed by atoms with E-state index in [4.69, 9.17) is 21.1 Å². The van der Waals surface area contributed by atoms with Crippen LogP contribution in [0.1, 0.15) is 22.7 Å². The Morgan fingerprint density at radius 2 is 2.05 bits per heavy atom. The number of rotatable bonds is 9. The molecule has 0 radical (unpaired) electrons. The van der Waals surface area contributed by atoms with E-state index in [0.717, 1.165) is 23.2 Å². The molecule has 1 aliphatic heterocycles. The Labute approximate surface area is 225 Å². The predicted octanol–water partition coefficient (Wildman–Crippen LogP) is 4.35. The van der Waals surface area contributed by atoms with Crippen LogP contribution in [-0.4, -0.2) is 52.6 Å². The number of ether oxygens (including phenoxy) is 2. The molecule has 5 rings (SSSR count). The van der Waals surface area contributed by atoms with E-state index >= 15 is 0 Å². The topological polar surface area (TPSA) is 102 Å². The molecule has 1 atom stereocenters. The fourth-order valence-electron chi connectivity index (χ4n) is 4.60. The average Bonchev–Trinajstić information content (AvgIpc) is 3.61. The Bertz CT molecular complexity index is 1440. The van der Waals surface area contributed by atoms with Gasteiger partial charge in [-0.25, -0.2) is 9.67 Å². The lowest BCUT2D eigenvalue weighted by atomic mass is 10.0. The first kappa shape index (κ1) is 25.6. The molecule has 38 heavy (non-hydrogen) atoms. The molecule has 1 aromatic heterocycles. The fraction of sp³-hybridized carbons (Fsp3) is 0.250. The number of aliphatic hydroxyl groups excluding tert-OH is 1. The molecule has 0 saturated heterocycles. The smallest absolute Gasteiger partial charge is 0.254 e. The number of amides is 1. The quantitative estimate of drug-likeness (QED) is 0.330. The lowest BCUT2D eigenvalue weighted by molar-refractivity contribution is -0.119. The molecule has 196 valence electrons. The number of aryl methyl sites for hydroxylation is 1. The summed E-state index contributed by atoms with van der Waals surface area (Å²) in [7, 11) is 1.58. The van der Waals surface area contributed by atoms with Crippen molar-refractivity contribution in [3.05, 3.63) is 89.0 Å². The third-order valence-corrected chi connectivity index (χ3v) is 6.64. The van der Waals surface area contributed by atoms with E-state index in [1.54, 1.807) is 36.3 Å². The molecule has 10 heteroatoms. The number of carbonyl (C=O) groups excluding carboxylic acids is 1. The van der Waals surface area contributed by atoms with Gasteiger partial charge in [-0.15, -0.1) is 0 Å². The van der Waals surface area contributed by atoms with E-state index in [-0.39, 0.29) is 19.1 Å². The molecule has 2 heterocycles. The molecule has 0 bridgehead atoms. The summed E-state index contributed by atoms with van der Waals surface area (Å²) in [6, 6.07) is 16.0. The zero-order chi connectivity index (χ0) is 26.6. The van der Waals surface area contributed by atoms with Crippen LogP contribution in [0.5, 0.6) is 11.5 Å². The number of benzene rings is 3. The van der Waals surface area contributed by atoms with Gasteiger partial charge in [-0.2, -0.15) is 5.10 Å². The molecular formula is C28H28ClN5O4. The molecule has 0 aliphatic carbocycles. The van der Waals surface area contributed by atoms with Gasteiger partial charge in [0.15, 0.2) is 0 Å². The minimum Gasteiger partial charge on any atom is -0.497 e. The molecule has 0 spiro atoms. The van der Waals surface area contributed by atoms with Crippen LogP contribution in [0.4, 0.5) is 11.4 Å². The van der Waals surface area contributed by atoms with Crippen LogP contribution >= 0.6 is 11.6 Å². The molecule has 2 N–H and O–H groups in total. The van der Waals surface area contributed by atoms with E-state index in [0.29, 0.717) is 40.0 Å². The monoisotopic (exact) mass is 533 g/mol. The number of nitrogens with zero attached hydrogens (tertiary/aromatic N) is 4. The van der Waals surface area contributed by atoms with Gasteiger partial charge >= 0.3 is 0 Å². The Morgan fingerprint density at radius 3 is 2.82 bits per heavy atom. The van der Waals surface area contributed by atoms with Crippen molar-refractivity contribution in [2.75, 3.05) is 37.1 Å². The molecule has 0 fully saturated rings. The summed E-state index contributed by atoms with van der Waals surface area (Å²) in [5, 5.41) is 17.5. The Hall–Kier alpha value is -4.08. The van der Waals surface area contributed by atoms with Gasteiger partial charge in [0, 0.05) is 40.6 Å². The summed E-state index contributed by atoms with van der Waals surface area (Å²) in [6.07, 6.45) is 3.81. The first-order valence-corrected chi connectivity index (χ1v) is 12.6. The van der Waals surface area contributed by atoms with Gasteiger partial charge in [-0.1, -0.05) is 29.8 Å². The van der Waals surface area contributed by atoms with Gasteiger partial charge < -0.3 is 24.8 Å². The van der Waals surface area contributed by atoms with Crippen LogP contribution in [-0.2, 0) is 11.2 Å². The van der Waals surface area contributed by atoms with E-state index in [1.165, 1.54) is 6.33 Å². The summed E-state index contributed by atoms with van der Waals surface area (Å²) in [5.41, 5.74) is 5.06. The number of aliphatic hydroxyl groups is 1. The highest BCUT2D eigenvalue weighted by molar-refractivity contribution is 6.30. The number of fused-ring (bicyclic) bond motifs is 1. The van der Waals surface area contributed by atoms with Crippen molar-refractivity contribution in [3.63, 3.8) is 0 Å². The standard InChI is InChI=1S/C28H28ClN5O4/c1-18-3-4-19-7-8-33(25(19)11-18)28(36)27(24-6-5-20(29)12-26(24)38-10-9-35)32-21-13-22(15-23(14-21)37-2)34-17-30-16-31-34/h3-6,11-17,27,32,35H,7-10H2,1-2H3. The van der Waals surface area contributed by atoms with Gasteiger partial charge in [-0.05, 0) is 48.7 Å². The minimum atomic E-state index is -0.830. The zero-order valence-electron chi connectivity index (χ0n) is 21.1. The summed E-state index contributed by atoms with van der Waals surface area (Å²) in [5.74, 6) is 0.859. The fourth-order valence-corrected chi connectivity index (χ4v) is 4.76. The molecule has 1 aliphatic rings. The average molecular weight is 534 g/mol. The highest BCUT2D eigenvalue weighted by Gasteiger charge is 2.33. The summed E-state index contributed by atoms with van der Waals surface area (Å²) in [6.45, 7) is 2.47. The van der Waals surface area contributed by atoms with Crippen molar-refractivity contribution in [3.8, 4) is 17.2 Å². The van der Waals surface area contributed by atoms with Gasteiger partial charge in [0.25, 0.3) is 5.91 Å². The van der Waals surface area contributed by atoms with Crippen LogP contribution in [0.25, 0.3) is 5.69 Å². The van der Waals surface area contributed by atoms with Gasteiger partial charge in [0.05, 0.1) is 19.4 Å². The first-order valence-electron chi connectivity index (χ1n) is 12.2. The summed E-state index contributed by atoms with van der Waals surface area (Å²) < 4.78 is 13.0. The van der Waals surface area contributed by atoms with Crippen LogP contribution < -0.4 is 19.7 Å². The minimum absolute atomic E-state index is 0.0651. The number of halogens is 1. The molecule has 0 saturated carbocycles. The van der Waals surface area contributed by atoms with Crippen molar-refractivity contribution in [1.29, 1.82) is 0 Å². The van der Waals surface area contributed by atoms with Crippen molar-refractivity contribution in [1.82, 2.24) is 14.8 Å². The molecule has 3 aromatic carbocycles. The molecule has 1 amide bonds. The van der Waals surface area contributed by atoms with E-state index in [1.807, 2.05) is 36.1 Å². The Morgan fingerprint density at radius 1 is 1.18 bits per heavy atom. The van der Waals surface area contributed by atoms with Crippen molar-refractivity contribution >= 4 is 28.9 Å². The second-order valence-electron chi connectivity index (χ2n) is 8.96. The first-order chi connectivity index (χ1) is 18.5. The van der Waals surface area contributed by atoms with Crippen molar-refractivity contribution in [2.24, 2.45) is 0 Å². The van der Waals surface area contributed by atoms with E-state index in [2.05, 4.69) is 27.5 Å². The van der Waals surface area contributed by atoms with Gasteiger partial charge in [-0.3, -0.25) is 4.79 Å². The van der Waals surface area contributed by atoms with Crippen molar-refractivity contribution < 1.29 is 19.4 Å². The maximum atomic E-state index is 14.3. The number of carbonyl (C=O) groups is 1. The Balaban J connectivity index is 1.59. The second-order valence-corrected chi connectivity index (χ2v) is 9.40. The summed E-state index contributed by atoms with van der Waals surface area (Å²) >= 11 is 6.28. The second kappa shape index (κ2) is 11.1.